The molecular weight excluding hydrogens is 150 g/mol. The molecule has 0 spiro atoms. The largest absolute Gasteiger partial charge is 0.389 e. The van der Waals surface area contributed by atoms with Crippen LogP contribution in [0.15, 0.2) is 11.5 Å². The van der Waals surface area contributed by atoms with E-state index in [1.54, 1.807) is 0 Å². The van der Waals surface area contributed by atoms with Crippen LogP contribution in [0.1, 0.15) is 13.3 Å². The maximum absolute atomic E-state index is 3.21. The molecule has 0 aromatic rings. The standard InChI is InChI=1S/C9H21N3/c1-7-8(10-2)9(11(3)4)12(5)6/h10H,7H2,1-6H3. The zero-order chi connectivity index (χ0) is 9.72. The molecule has 0 saturated heterocycles. The Morgan fingerprint density at radius 2 is 1.50 bits per heavy atom. The second-order valence-corrected chi connectivity index (χ2v) is 3.19. The molecule has 0 fully saturated rings. The first kappa shape index (κ1) is 11.1. The van der Waals surface area contributed by atoms with E-state index >= 15 is 0 Å². The average Bonchev–Trinajstić information content (AvgIpc) is 1.98. The summed E-state index contributed by atoms with van der Waals surface area (Å²) in [6, 6.07) is 0. The number of nitrogens with one attached hydrogen (secondary N) is 1. The van der Waals surface area contributed by atoms with Gasteiger partial charge in [0.1, 0.15) is 5.82 Å². The number of nitrogens with zero attached hydrogens (tertiary/aromatic N) is 2. The summed E-state index contributed by atoms with van der Waals surface area (Å²) in [6.45, 7) is 2.15. The summed E-state index contributed by atoms with van der Waals surface area (Å²) in [5, 5.41) is 3.21. The molecular formula is C9H21N3. The van der Waals surface area contributed by atoms with Gasteiger partial charge < -0.3 is 15.1 Å². The van der Waals surface area contributed by atoms with Crippen LogP contribution >= 0.6 is 0 Å². The number of allylic oxidation sites excluding steroid dienone is 1. The first-order chi connectivity index (χ1) is 5.54. The van der Waals surface area contributed by atoms with Crippen molar-refractivity contribution in [1.29, 1.82) is 0 Å². The van der Waals surface area contributed by atoms with Crippen molar-refractivity contribution in [3.05, 3.63) is 11.5 Å². The van der Waals surface area contributed by atoms with Crippen molar-refractivity contribution < 1.29 is 0 Å². The first-order valence-electron chi connectivity index (χ1n) is 4.30. The van der Waals surface area contributed by atoms with E-state index in [0.29, 0.717) is 0 Å². The van der Waals surface area contributed by atoms with Crippen molar-refractivity contribution in [2.75, 3.05) is 35.2 Å². The molecule has 3 heteroatoms. The smallest absolute Gasteiger partial charge is 0.122 e. The summed E-state index contributed by atoms with van der Waals surface area (Å²) in [4.78, 5) is 4.24. The fraction of sp³-hybridized carbons (Fsp3) is 0.778. The molecule has 72 valence electrons. The fourth-order valence-electron chi connectivity index (χ4n) is 1.39. The van der Waals surface area contributed by atoms with Crippen LogP contribution in [0.3, 0.4) is 0 Å². The van der Waals surface area contributed by atoms with E-state index in [0.717, 1.165) is 6.42 Å². The van der Waals surface area contributed by atoms with E-state index in [4.69, 9.17) is 0 Å². The molecule has 0 saturated carbocycles. The summed E-state index contributed by atoms with van der Waals surface area (Å²) in [5.41, 5.74) is 1.27. The van der Waals surface area contributed by atoms with Gasteiger partial charge in [-0.1, -0.05) is 6.92 Å². The lowest BCUT2D eigenvalue weighted by Gasteiger charge is -2.27. The van der Waals surface area contributed by atoms with Gasteiger partial charge >= 0.3 is 0 Å². The second kappa shape index (κ2) is 4.91. The molecule has 0 aliphatic heterocycles. The molecule has 0 radical (unpaired) electrons. The lowest BCUT2D eigenvalue weighted by Crippen LogP contribution is -2.29. The quantitative estimate of drug-likeness (QED) is 0.678. The number of rotatable bonds is 4. The van der Waals surface area contributed by atoms with Crippen molar-refractivity contribution in [3.8, 4) is 0 Å². The molecule has 0 unspecified atom stereocenters. The normalized spacial score (nSPS) is 9.17. The minimum Gasteiger partial charge on any atom is -0.389 e. The minimum atomic E-state index is 1.03. The molecule has 0 aliphatic rings. The maximum atomic E-state index is 3.21. The van der Waals surface area contributed by atoms with E-state index in [-0.39, 0.29) is 0 Å². The SMILES string of the molecule is CCC(NC)=C(N(C)C)N(C)C. The van der Waals surface area contributed by atoms with Gasteiger partial charge in [-0.05, 0) is 6.42 Å². The summed E-state index contributed by atoms with van der Waals surface area (Å²) < 4.78 is 0. The Morgan fingerprint density at radius 3 is 1.58 bits per heavy atom. The zero-order valence-electron chi connectivity index (χ0n) is 9.10. The van der Waals surface area contributed by atoms with Gasteiger partial charge in [0, 0.05) is 35.2 Å². The fourth-order valence-corrected chi connectivity index (χ4v) is 1.39. The van der Waals surface area contributed by atoms with Crippen molar-refractivity contribution in [3.63, 3.8) is 0 Å². The molecule has 0 amide bonds. The summed E-state index contributed by atoms with van der Waals surface area (Å²) in [7, 11) is 10.2. The average molecular weight is 171 g/mol. The summed E-state index contributed by atoms with van der Waals surface area (Å²) in [6.07, 6.45) is 1.03. The van der Waals surface area contributed by atoms with Gasteiger partial charge in [0.15, 0.2) is 0 Å². The molecule has 3 nitrogen and oxygen atoms in total. The van der Waals surface area contributed by atoms with Crippen LogP contribution in [0.5, 0.6) is 0 Å². The zero-order valence-corrected chi connectivity index (χ0v) is 9.10. The van der Waals surface area contributed by atoms with Gasteiger partial charge in [0.2, 0.25) is 0 Å². The Hall–Kier alpha value is -0.860. The Balaban J connectivity index is 4.76. The van der Waals surface area contributed by atoms with Crippen LogP contribution in [-0.2, 0) is 0 Å². The van der Waals surface area contributed by atoms with Gasteiger partial charge in [-0.25, -0.2) is 0 Å². The highest BCUT2D eigenvalue weighted by molar-refractivity contribution is 5.08. The van der Waals surface area contributed by atoms with Gasteiger partial charge in [0.25, 0.3) is 0 Å². The molecule has 0 rings (SSSR count). The minimum absolute atomic E-state index is 1.03. The van der Waals surface area contributed by atoms with Gasteiger partial charge in [0.05, 0.1) is 5.70 Å². The molecule has 0 aliphatic carbocycles. The summed E-state index contributed by atoms with van der Waals surface area (Å²) in [5.74, 6) is 1.24. The summed E-state index contributed by atoms with van der Waals surface area (Å²) >= 11 is 0. The van der Waals surface area contributed by atoms with E-state index in [2.05, 4.69) is 50.2 Å². The molecule has 12 heavy (non-hydrogen) atoms. The third-order valence-electron chi connectivity index (χ3n) is 1.77. The Morgan fingerprint density at radius 1 is 1.08 bits per heavy atom. The van der Waals surface area contributed by atoms with Crippen LogP contribution in [0.25, 0.3) is 0 Å². The van der Waals surface area contributed by atoms with E-state index in [9.17, 15) is 0 Å². The van der Waals surface area contributed by atoms with Crippen LogP contribution < -0.4 is 5.32 Å². The van der Waals surface area contributed by atoms with Crippen LogP contribution in [0.4, 0.5) is 0 Å². The first-order valence-corrected chi connectivity index (χ1v) is 4.30. The molecule has 0 aromatic heterocycles. The van der Waals surface area contributed by atoms with Crippen LogP contribution in [0, 0.1) is 0 Å². The van der Waals surface area contributed by atoms with Crippen LogP contribution in [-0.4, -0.2) is 45.0 Å². The highest BCUT2D eigenvalue weighted by atomic mass is 15.3. The van der Waals surface area contributed by atoms with Crippen molar-refractivity contribution >= 4 is 0 Å². The Labute approximate surface area is 76.0 Å². The van der Waals surface area contributed by atoms with E-state index in [1.807, 2.05) is 7.05 Å². The second-order valence-electron chi connectivity index (χ2n) is 3.19. The monoisotopic (exact) mass is 171 g/mol. The lowest BCUT2D eigenvalue weighted by atomic mass is 10.3. The van der Waals surface area contributed by atoms with Crippen LogP contribution in [0.2, 0.25) is 0 Å². The highest BCUT2D eigenvalue weighted by Crippen LogP contribution is 2.09. The Bertz CT molecular complexity index is 143. The topological polar surface area (TPSA) is 18.5 Å². The Kier molecular flexibility index (Phi) is 4.55. The van der Waals surface area contributed by atoms with E-state index < -0.39 is 0 Å². The molecule has 1 N–H and O–H groups in total. The maximum Gasteiger partial charge on any atom is 0.122 e. The lowest BCUT2D eigenvalue weighted by molar-refractivity contribution is 0.330. The van der Waals surface area contributed by atoms with Gasteiger partial charge in [-0.15, -0.1) is 0 Å². The van der Waals surface area contributed by atoms with E-state index in [1.165, 1.54) is 11.5 Å². The molecule has 0 bridgehead atoms. The third kappa shape index (κ3) is 2.64. The predicted molar refractivity (Wildman–Crippen MR) is 53.8 cm³/mol. The van der Waals surface area contributed by atoms with Crippen molar-refractivity contribution in [2.24, 2.45) is 0 Å². The van der Waals surface area contributed by atoms with Crippen molar-refractivity contribution in [2.45, 2.75) is 13.3 Å². The van der Waals surface area contributed by atoms with Gasteiger partial charge in [-0.3, -0.25) is 0 Å². The van der Waals surface area contributed by atoms with Crippen molar-refractivity contribution in [1.82, 2.24) is 15.1 Å². The predicted octanol–water partition coefficient (Wildman–Crippen LogP) is 0.908. The molecule has 0 heterocycles. The number of hydrogen-bond acceptors (Lipinski definition) is 3. The number of hydrogen-bond donors (Lipinski definition) is 1. The van der Waals surface area contributed by atoms with Gasteiger partial charge in [-0.2, -0.15) is 0 Å². The highest BCUT2D eigenvalue weighted by Gasteiger charge is 2.07. The third-order valence-corrected chi connectivity index (χ3v) is 1.77. The molecule has 0 atom stereocenters. The molecule has 0 aromatic carbocycles.